The molecule has 0 bridgehead atoms. The van der Waals surface area contributed by atoms with E-state index in [1.807, 2.05) is 24.3 Å². The van der Waals surface area contributed by atoms with Crippen molar-refractivity contribution in [3.63, 3.8) is 0 Å². The first-order chi connectivity index (χ1) is 16.1. The lowest BCUT2D eigenvalue weighted by atomic mass is 10.2. The molecule has 0 aromatic heterocycles. The number of hydrogen-bond donors (Lipinski definition) is 3. The van der Waals surface area contributed by atoms with Gasteiger partial charge in [-0.15, -0.1) is 0 Å². The fraction of sp³-hybridized carbons (Fsp3) is 0. The second-order valence-electron chi connectivity index (χ2n) is 6.73. The highest BCUT2D eigenvalue weighted by Gasteiger charge is 2.16. The van der Waals surface area contributed by atoms with Crippen molar-refractivity contribution in [3.8, 4) is 0 Å². The van der Waals surface area contributed by atoms with Crippen molar-refractivity contribution in [2.24, 2.45) is 0 Å². The summed E-state index contributed by atoms with van der Waals surface area (Å²) in [5.74, 6) is 0. The molecule has 0 atom stereocenters. The van der Waals surface area contributed by atoms with Gasteiger partial charge >= 0.3 is 0 Å². The number of thiocarbonyl (C=S) groups is 1. The van der Waals surface area contributed by atoms with Crippen molar-refractivity contribution in [1.29, 1.82) is 0 Å². The minimum Gasteiger partial charge on any atom is -0.332 e. The third kappa shape index (κ3) is 7.18. The normalized spacial score (nSPS) is 11.6. The number of carbonyl (C=O) groups excluding carboxylic acids is 1. The minimum absolute atomic E-state index is 0.0317. The number of benzene rings is 3. The Bertz CT molecular complexity index is 1340. The molecular formula is C22H15BrCl3N3O3S2. The van der Waals surface area contributed by atoms with Crippen LogP contribution in [0.2, 0.25) is 15.1 Å². The maximum atomic E-state index is 12.7. The molecule has 0 spiro atoms. The first-order valence-electron chi connectivity index (χ1n) is 9.35. The number of anilines is 3. The Kier molecular flexibility index (Phi) is 8.97. The van der Waals surface area contributed by atoms with Gasteiger partial charge in [-0.3, -0.25) is 9.52 Å². The fourth-order valence-corrected chi connectivity index (χ4v) is 4.83. The number of sulfonamides is 1. The van der Waals surface area contributed by atoms with Gasteiger partial charge in [0, 0.05) is 11.4 Å². The van der Waals surface area contributed by atoms with Crippen molar-refractivity contribution in [1.82, 2.24) is 0 Å². The predicted molar refractivity (Wildman–Crippen MR) is 148 cm³/mol. The molecular weight excluding hydrogens is 605 g/mol. The molecule has 3 rings (SSSR count). The lowest BCUT2D eigenvalue weighted by Crippen LogP contribution is -2.19. The van der Waals surface area contributed by atoms with Gasteiger partial charge in [-0.1, -0.05) is 46.9 Å². The maximum absolute atomic E-state index is 12.7. The van der Waals surface area contributed by atoms with Gasteiger partial charge in [-0.05, 0) is 88.3 Å². The van der Waals surface area contributed by atoms with Crippen LogP contribution in [0, 0.1) is 0 Å². The number of halogens is 4. The predicted octanol–water partition coefficient (Wildman–Crippen LogP) is 7.19. The van der Waals surface area contributed by atoms with Gasteiger partial charge in [0.25, 0.3) is 10.0 Å². The summed E-state index contributed by atoms with van der Waals surface area (Å²) in [6.45, 7) is 0. The van der Waals surface area contributed by atoms with Crippen LogP contribution in [0.15, 0.2) is 70.0 Å². The third-order valence-electron chi connectivity index (χ3n) is 4.24. The smallest absolute Gasteiger partial charge is 0.261 e. The lowest BCUT2D eigenvalue weighted by Gasteiger charge is -2.12. The molecule has 0 amide bonds. The van der Waals surface area contributed by atoms with Gasteiger partial charge < -0.3 is 10.6 Å². The van der Waals surface area contributed by atoms with E-state index in [0.29, 0.717) is 21.6 Å². The second kappa shape index (κ2) is 11.5. The number of hydrogen-bond acceptors (Lipinski definition) is 4. The van der Waals surface area contributed by atoms with Crippen LogP contribution < -0.4 is 15.4 Å². The van der Waals surface area contributed by atoms with Crippen LogP contribution in [0.5, 0.6) is 0 Å². The zero-order valence-corrected chi connectivity index (χ0v) is 22.5. The Morgan fingerprint density at radius 2 is 1.35 bits per heavy atom. The summed E-state index contributed by atoms with van der Waals surface area (Å²) in [5, 5.41) is 6.74. The Morgan fingerprint density at radius 1 is 0.853 bits per heavy atom. The summed E-state index contributed by atoms with van der Waals surface area (Å²) in [4.78, 5) is 10.7. The Labute approximate surface area is 225 Å². The molecule has 0 aliphatic rings. The molecule has 6 nitrogen and oxygen atoms in total. The van der Waals surface area contributed by atoms with Crippen LogP contribution in [-0.4, -0.2) is 19.8 Å². The van der Waals surface area contributed by atoms with Crippen LogP contribution in [0.3, 0.4) is 0 Å². The quantitative estimate of drug-likeness (QED) is 0.112. The fourth-order valence-electron chi connectivity index (χ4n) is 2.70. The molecule has 0 radical (unpaired) electrons. The lowest BCUT2D eigenvalue weighted by molar-refractivity contribution is -0.104. The molecule has 0 aliphatic carbocycles. The van der Waals surface area contributed by atoms with E-state index in [4.69, 9.17) is 47.0 Å². The molecule has 0 heterocycles. The molecule has 34 heavy (non-hydrogen) atoms. The van der Waals surface area contributed by atoms with Crippen molar-refractivity contribution in [2.75, 3.05) is 15.4 Å². The van der Waals surface area contributed by atoms with Gasteiger partial charge in [0.1, 0.15) is 0 Å². The average molecular weight is 620 g/mol. The highest BCUT2D eigenvalue weighted by Crippen LogP contribution is 2.34. The van der Waals surface area contributed by atoms with E-state index >= 15 is 0 Å². The van der Waals surface area contributed by atoms with Crippen molar-refractivity contribution in [3.05, 3.63) is 85.8 Å². The highest BCUT2D eigenvalue weighted by molar-refractivity contribution is 9.12. The zero-order valence-electron chi connectivity index (χ0n) is 17.0. The Hall–Kier alpha value is -2.14. The van der Waals surface area contributed by atoms with E-state index in [0.717, 1.165) is 11.3 Å². The molecule has 176 valence electrons. The van der Waals surface area contributed by atoms with Gasteiger partial charge in [-0.25, -0.2) is 8.42 Å². The van der Waals surface area contributed by atoms with Crippen LogP contribution in [0.25, 0.3) is 6.08 Å². The first-order valence-corrected chi connectivity index (χ1v) is 13.2. The van der Waals surface area contributed by atoms with Gasteiger partial charge in [0.05, 0.1) is 30.1 Å². The van der Waals surface area contributed by atoms with E-state index in [1.165, 1.54) is 24.3 Å². The standard InChI is InChI=1S/C22H15BrCl3N3O3S2/c23-14(12-30)9-13-1-3-15(4-2-13)27-22(33)28-16-5-7-18(8-6-16)34(31,32)29-17-10-19(24)21(26)20(25)11-17/h1-12,29H,(H2,27,28,33)/b14-9-. The molecule has 0 saturated heterocycles. The number of carbonyl (C=O) groups is 1. The van der Waals surface area contributed by atoms with Crippen LogP contribution in [-0.2, 0) is 14.8 Å². The molecule has 12 heteroatoms. The van der Waals surface area contributed by atoms with E-state index in [2.05, 4.69) is 31.3 Å². The number of allylic oxidation sites excluding steroid dienone is 1. The van der Waals surface area contributed by atoms with E-state index < -0.39 is 10.0 Å². The molecule has 3 aromatic carbocycles. The summed E-state index contributed by atoms with van der Waals surface area (Å²) in [6, 6.07) is 16.0. The number of rotatable bonds is 7. The van der Waals surface area contributed by atoms with Crippen molar-refractivity contribution >= 4 is 108 Å². The number of nitrogens with one attached hydrogen (secondary N) is 3. The van der Waals surface area contributed by atoms with E-state index in [9.17, 15) is 13.2 Å². The van der Waals surface area contributed by atoms with Crippen molar-refractivity contribution < 1.29 is 13.2 Å². The van der Waals surface area contributed by atoms with Gasteiger partial charge in [-0.2, -0.15) is 0 Å². The Morgan fingerprint density at radius 3 is 1.85 bits per heavy atom. The van der Waals surface area contributed by atoms with Gasteiger partial charge in [0.2, 0.25) is 0 Å². The SMILES string of the molecule is O=C/C(Br)=C/c1ccc(NC(=S)Nc2ccc(S(=O)(=O)Nc3cc(Cl)c(Cl)c(Cl)c3)cc2)cc1. The van der Waals surface area contributed by atoms with E-state index in [-0.39, 0.29) is 25.7 Å². The topological polar surface area (TPSA) is 87.3 Å². The third-order valence-corrected chi connectivity index (χ3v) is 7.46. The first kappa shape index (κ1) is 26.5. The zero-order chi connectivity index (χ0) is 24.9. The second-order valence-corrected chi connectivity index (χ2v) is 10.9. The molecule has 0 fully saturated rings. The summed E-state index contributed by atoms with van der Waals surface area (Å²) in [7, 11) is -3.88. The van der Waals surface area contributed by atoms with E-state index in [1.54, 1.807) is 18.2 Å². The van der Waals surface area contributed by atoms with Crippen molar-refractivity contribution in [2.45, 2.75) is 4.90 Å². The molecule has 0 unspecified atom stereocenters. The average Bonchev–Trinajstić information content (AvgIpc) is 2.78. The van der Waals surface area contributed by atoms with Gasteiger partial charge in [0.15, 0.2) is 11.4 Å². The van der Waals surface area contributed by atoms with Crippen LogP contribution in [0.4, 0.5) is 17.1 Å². The summed E-state index contributed by atoms with van der Waals surface area (Å²) in [6.07, 6.45) is 2.40. The summed E-state index contributed by atoms with van der Waals surface area (Å²) >= 11 is 26.3. The molecule has 0 saturated carbocycles. The molecule has 3 aromatic rings. The largest absolute Gasteiger partial charge is 0.332 e. The molecule has 3 N–H and O–H groups in total. The summed E-state index contributed by atoms with van der Waals surface area (Å²) in [5.41, 5.74) is 2.35. The van der Waals surface area contributed by atoms with Crippen LogP contribution >= 0.6 is 63.0 Å². The summed E-state index contributed by atoms with van der Waals surface area (Å²) < 4.78 is 28.2. The minimum atomic E-state index is -3.88. The van der Waals surface area contributed by atoms with Crippen LogP contribution in [0.1, 0.15) is 5.56 Å². The molecule has 0 aliphatic heterocycles. The maximum Gasteiger partial charge on any atom is 0.261 e. The Balaban J connectivity index is 1.63. The highest BCUT2D eigenvalue weighted by atomic mass is 79.9. The monoisotopic (exact) mass is 617 g/mol. The number of aldehydes is 1.